The van der Waals surface area contributed by atoms with Gasteiger partial charge in [0.25, 0.3) is 0 Å². The van der Waals surface area contributed by atoms with Gasteiger partial charge in [0.05, 0.1) is 10.8 Å². The first-order valence-electron chi connectivity index (χ1n) is 7.09. The predicted molar refractivity (Wildman–Crippen MR) is 89.9 cm³/mol. The van der Waals surface area contributed by atoms with E-state index in [9.17, 15) is 0 Å². The van der Waals surface area contributed by atoms with Crippen LogP contribution in [-0.4, -0.2) is 6.10 Å². The molecular weight excluding hydrogens is 332 g/mol. The second-order valence-corrected chi connectivity index (χ2v) is 7.28. The van der Waals surface area contributed by atoms with Gasteiger partial charge in [-0.05, 0) is 43.9 Å². The van der Waals surface area contributed by atoms with E-state index in [1.54, 1.807) is 0 Å². The fourth-order valence-electron chi connectivity index (χ4n) is 3.04. The van der Waals surface area contributed by atoms with Crippen LogP contribution in [0.3, 0.4) is 0 Å². The van der Waals surface area contributed by atoms with Crippen molar-refractivity contribution in [1.29, 1.82) is 0 Å². The molecule has 0 bridgehead atoms. The van der Waals surface area contributed by atoms with Crippen LogP contribution in [0.15, 0.2) is 40.9 Å². The Bertz CT molecular complexity index is 771. The van der Waals surface area contributed by atoms with Gasteiger partial charge in [-0.1, -0.05) is 34.1 Å². The van der Waals surface area contributed by atoms with Gasteiger partial charge in [-0.2, -0.15) is 0 Å². The molecule has 2 aromatic carbocycles. The highest BCUT2D eigenvalue weighted by Crippen LogP contribution is 2.43. The largest absolute Gasteiger partial charge is 0.489 e. The number of thiophene rings is 1. The summed E-state index contributed by atoms with van der Waals surface area (Å²) in [5.74, 6) is 1.05. The molecule has 20 heavy (non-hydrogen) atoms. The van der Waals surface area contributed by atoms with Crippen molar-refractivity contribution in [2.75, 3.05) is 0 Å². The number of hydrogen-bond acceptors (Lipinski definition) is 2. The van der Waals surface area contributed by atoms with E-state index in [2.05, 4.69) is 52.3 Å². The number of hydrogen-bond donors (Lipinski definition) is 0. The molecule has 4 rings (SSSR count). The summed E-state index contributed by atoms with van der Waals surface area (Å²) < 4.78 is 10.0. The van der Waals surface area contributed by atoms with Crippen LogP contribution in [0.1, 0.15) is 25.7 Å². The van der Waals surface area contributed by atoms with Gasteiger partial charge in [0.2, 0.25) is 0 Å². The van der Waals surface area contributed by atoms with Crippen molar-refractivity contribution in [1.82, 2.24) is 0 Å². The van der Waals surface area contributed by atoms with Gasteiger partial charge >= 0.3 is 0 Å². The molecule has 0 aliphatic heterocycles. The maximum Gasteiger partial charge on any atom is 0.137 e. The molecule has 3 aromatic rings. The van der Waals surface area contributed by atoms with Crippen molar-refractivity contribution < 1.29 is 4.74 Å². The molecule has 1 aliphatic carbocycles. The number of rotatable bonds is 2. The lowest BCUT2D eigenvalue weighted by Crippen LogP contribution is -2.10. The fraction of sp³-hybridized carbons (Fsp3) is 0.294. The Kier molecular flexibility index (Phi) is 3.20. The summed E-state index contributed by atoms with van der Waals surface area (Å²) in [5.41, 5.74) is 0. The highest BCUT2D eigenvalue weighted by Gasteiger charge is 2.19. The lowest BCUT2D eigenvalue weighted by atomic mass is 10.1. The fourth-order valence-corrected chi connectivity index (χ4v) is 4.90. The van der Waals surface area contributed by atoms with Gasteiger partial charge in [-0.3, -0.25) is 0 Å². The predicted octanol–water partition coefficient (Wildman–Crippen LogP) is 6.14. The van der Waals surface area contributed by atoms with Gasteiger partial charge in [-0.25, -0.2) is 0 Å². The zero-order valence-electron chi connectivity index (χ0n) is 11.1. The minimum Gasteiger partial charge on any atom is -0.489 e. The zero-order valence-corrected chi connectivity index (χ0v) is 13.5. The number of fused-ring (bicyclic) bond motifs is 3. The molecule has 102 valence electrons. The molecule has 1 saturated carbocycles. The molecular formula is C17H15BrOS. The molecule has 1 nitrogen and oxygen atoms in total. The van der Waals surface area contributed by atoms with Crippen molar-refractivity contribution in [3.63, 3.8) is 0 Å². The van der Waals surface area contributed by atoms with Crippen LogP contribution >= 0.6 is 27.3 Å². The van der Waals surface area contributed by atoms with Gasteiger partial charge < -0.3 is 4.74 Å². The Balaban J connectivity index is 1.90. The molecule has 1 aromatic heterocycles. The maximum absolute atomic E-state index is 6.26. The smallest absolute Gasteiger partial charge is 0.137 e. The number of halogens is 1. The van der Waals surface area contributed by atoms with E-state index < -0.39 is 0 Å². The van der Waals surface area contributed by atoms with Crippen LogP contribution in [0.5, 0.6) is 5.75 Å². The van der Waals surface area contributed by atoms with E-state index in [0.717, 1.165) is 10.2 Å². The molecule has 1 aliphatic rings. The first-order valence-corrected chi connectivity index (χ1v) is 8.70. The standard InChI is InChI=1S/C17H15BrOS/c18-13-9-10-14(19-11-5-1-2-6-11)17-16(13)12-7-3-4-8-15(12)20-17/h3-4,7-11H,1-2,5-6H2. The molecule has 0 N–H and O–H groups in total. The zero-order chi connectivity index (χ0) is 13.5. The minimum absolute atomic E-state index is 0.407. The maximum atomic E-state index is 6.26. The molecule has 1 heterocycles. The Morgan fingerprint density at radius 3 is 2.70 bits per heavy atom. The lowest BCUT2D eigenvalue weighted by molar-refractivity contribution is 0.213. The van der Waals surface area contributed by atoms with Gasteiger partial charge in [0.1, 0.15) is 5.75 Å². The van der Waals surface area contributed by atoms with Crippen LogP contribution < -0.4 is 4.74 Å². The Hall–Kier alpha value is -1.06. The molecule has 1 fully saturated rings. The van der Waals surface area contributed by atoms with Crippen LogP contribution in [0.4, 0.5) is 0 Å². The number of benzene rings is 2. The summed E-state index contributed by atoms with van der Waals surface area (Å²) in [6, 6.07) is 12.8. The Labute approximate surface area is 130 Å². The molecule has 0 amide bonds. The van der Waals surface area contributed by atoms with E-state index in [0.29, 0.717) is 6.10 Å². The van der Waals surface area contributed by atoms with Crippen molar-refractivity contribution >= 4 is 47.4 Å². The monoisotopic (exact) mass is 346 g/mol. The van der Waals surface area contributed by atoms with E-state index >= 15 is 0 Å². The second kappa shape index (κ2) is 5.05. The normalized spacial score (nSPS) is 16.2. The third kappa shape index (κ3) is 2.04. The van der Waals surface area contributed by atoms with Crippen molar-refractivity contribution in [3.8, 4) is 5.75 Å². The van der Waals surface area contributed by atoms with E-state index in [-0.39, 0.29) is 0 Å². The summed E-state index contributed by atoms with van der Waals surface area (Å²) in [4.78, 5) is 0. The first-order chi connectivity index (χ1) is 9.83. The summed E-state index contributed by atoms with van der Waals surface area (Å²) in [5, 5.41) is 2.61. The average molecular weight is 347 g/mol. The molecule has 3 heteroatoms. The van der Waals surface area contributed by atoms with Crippen LogP contribution in [-0.2, 0) is 0 Å². The topological polar surface area (TPSA) is 9.23 Å². The summed E-state index contributed by atoms with van der Waals surface area (Å²) in [7, 11) is 0. The molecule has 0 saturated heterocycles. The summed E-state index contributed by atoms with van der Waals surface area (Å²) in [6.45, 7) is 0. The highest BCUT2D eigenvalue weighted by molar-refractivity contribution is 9.10. The van der Waals surface area contributed by atoms with Crippen LogP contribution in [0.25, 0.3) is 20.2 Å². The van der Waals surface area contributed by atoms with Crippen LogP contribution in [0, 0.1) is 0 Å². The molecule has 0 radical (unpaired) electrons. The third-order valence-electron chi connectivity index (χ3n) is 4.03. The van der Waals surface area contributed by atoms with E-state index in [4.69, 9.17) is 4.74 Å². The first kappa shape index (κ1) is 12.7. The van der Waals surface area contributed by atoms with Crippen molar-refractivity contribution in [2.45, 2.75) is 31.8 Å². The average Bonchev–Trinajstić information content (AvgIpc) is 3.09. The molecule has 0 spiro atoms. The summed E-state index contributed by atoms with van der Waals surface area (Å²) >= 11 is 5.53. The second-order valence-electron chi connectivity index (χ2n) is 5.37. The Morgan fingerprint density at radius 2 is 1.85 bits per heavy atom. The quantitative estimate of drug-likeness (QED) is 0.541. The van der Waals surface area contributed by atoms with Crippen LogP contribution in [0.2, 0.25) is 0 Å². The third-order valence-corrected chi connectivity index (χ3v) is 5.88. The van der Waals surface area contributed by atoms with Crippen molar-refractivity contribution in [2.24, 2.45) is 0 Å². The molecule has 0 unspecified atom stereocenters. The van der Waals surface area contributed by atoms with E-state index in [1.807, 2.05) is 11.3 Å². The summed E-state index contributed by atoms with van der Waals surface area (Å²) in [6.07, 6.45) is 5.41. The van der Waals surface area contributed by atoms with E-state index in [1.165, 1.54) is 45.9 Å². The molecule has 0 atom stereocenters. The number of ether oxygens (including phenoxy) is 1. The SMILES string of the molecule is Brc1ccc(OC2CCCC2)c2sc3ccccc3c12. The minimum atomic E-state index is 0.407. The van der Waals surface area contributed by atoms with Gasteiger partial charge in [-0.15, -0.1) is 11.3 Å². The van der Waals surface area contributed by atoms with Gasteiger partial charge in [0, 0.05) is 19.9 Å². The lowest BCUT2D eigenvalue weighted by Gasteiger charge is -2.14. The van der Waals surface area contributed by atoms with Crippen molar-refractivity contribution in [3.05, 3.63) is 40.9 Å². The Morgan fingerprint density at radius 1 is 1.05 bits per heavy atom. The highest BCUT2D eigenvalue weighted by atomic mass is 79.9. The van der Waals surface area contributed by atoms with Gasteiger partial charge in [0.15, 0.2) is 0 Å².